The summed E-state index contributed by atoms with van der Waals surface area (Å²) >= 11 is 0. The SMILES string of the molecule is COc1ccc(OC2CN[C@H](C(=O)O)C2)cc1. The predicted octanol–water partition coefficient (Wildman–Crippen LogP) is 0.889. The van der Waals surface area contributed by atoms with E-state index in [4.69, 9.17) is 14.6 Å². The summed E-state index contributed by atoms with van der Waals surface area (Å²) in [6, 6.07) is 6.75. The Labute approximate surface area is 99.3 Å². The number of hydrogen-bond acceptors (Lipinski definition) is 4. The lowest BCUT2D eigenvalue weighted by Crippen LogP contribution is -2.30. The Balaban J connectivity index is 1.91. The van der Waals surface area contributed by atoms with Crippen LogP contribution in [0, 0.1) is 0 Å². The summed E-state index contributed by atoms with van der Waals surface area (Å²) in [6.45, 7) is 0.559. The van der Waals surface area contributed by atoms with Crippen LogP contribution >= 0.6 is 0 Å². The van der Waals surface area contributed by atoms with E-state index in [1.165, 1.54) is 0 Å². The van der Waals surface area contributed by atoms with Crippen molar-refractivity contribution in [1.82, 2.24) is 5.32 Å². The van der Waals surface area contributed by atoms with E-state index in [-0.39, 0.29) is 6.10 Å². The molecule has 0 amide bonds. The second kappa shape index (κ2) is 5.05. The molecule has 17 heavy (non-hydrogen) atoms. The Morgan fingerprint density at radius 2 is 2.00 bits per heavy atom. The summed E-state index contributed by atoms with van der Waals surface area (Å²) in [6.07, 6.45) is 0.394. The Bertz CT molecular complexity index is 390. The van der Waals surface area contributed by atoms with Gasteiger partial charge in [-0.15, -0.1) is 0 Å². The molecule has 2 N–H and O–H groups in total. The minimum Gasteiger partial charge on any atom is -0.497 e. The molecule has 0 spiro atoms. The van der Waals surface area contributed by atoms with Crippen molar-refractivity contribution in [2.24, 2.45) is 0 Å². The molecule has 2 rings (SSSR count). The fourth-order valence-electron chi connectivity index (χ4n) is 1.83. The molecule has 92 valence electrons. The molecule has 1 aromatic rings. The molecule has 1 saturated heterocycles. The molecular weight excluding hydrogens is 222 g/mol. The second-order valence-corrected chi connectivity index (χ2v) is 3.95. The Kier molecular flexibility index (Phi) is 3.49. The standard InChI is InChI=1S/C12H15NO4/c1-16-8-2-4-9(5-3-8)17-10-6-11(12(14)15)13-7-10/h2-5,10-11,13H,6-7H2,1H3,(H,14,15)/t10?,11-/m0/s1. The van der Waals surface area contributed by atoms with Crippen LogP contribution < -0.4 is 14.8 Å². The van der Waals surface area contributed by atoms with Crippen molar-refractivity contribution in [3.8, 4) is 11.5 Å². The lowest BCUT2D eigenvalue weighted by Gasteiger charge is -2.12. The van der Waals surface area contributed by atoms with E-state index in [0.717, 1.165) is 11.5 Å². The van der Waals surface area contributed by atoms with E-state index in [1.54, 1.807) is 7.11 Å². The number of nitrogens with one attached hydrogen (secondary N) is 1. The molecule has 2 atom stereocenters. The van der Waals surface area contributed by atoms with Gasteiger partial charge in [-0.1, -0.05) is 0 Å². The Hall–Kier alpha value is -1.75. The van der Waals surface area contributed by atoms with Crippen molar-refractivity contribution in [3.63, 3.8) is 0 Å². The molecule has 1 aromatic carbocycles. The molecule has 1 fully saturated rings. The van der Waals surface area contributed by atoms with Crippen LogP contribution in [0.15, 0.2) is 24.3 Å². The highest BCUT2D eigenvalue weighted by Crippen LogP contribution is 2.20. The van der Waals surface area contributed by atoms with E-state index in [2.05, 4.69) is 5.32 Å². The van der Waals surface area contributed by atoms with Gasteiger partial charge in [0.05, 0.1) is 7.11 Å². The zero-order chi connectivity index (χ0) is 12.3. The average Bonchev–Trinajstić information content (AvgIpc) is 2.79. The number of benzene rings is 1. The maximum Gasteiger partial charge on any atom is 0.320 e. The van der Waals surface area contributed by atoms with Crippen LogP contribution in [-0.4, -0.2) is 36.9 Å². The summed E-state index contributed by atoms with van der Waals surface area (Å²) in [5.74, 6) is 0.666. The molecule has 0 aliphatic carbocycles. The zero-order valence-electron chi connectivity index (χ0n) is 9.55. The van der Waals surface area contributed by atoms with Gasteiger partial charge < -0.3 is 19.9 Å². The highest BCUT2D eigenvalue weighted by Gasteiger charge is 2.30. The number of carboxylic acid groups (broad SMARTS) is 1. The normalized spacial score (nSPS) is 23.4. The summed E-state index contributed by atoms with van der Waals surface area (Å²) in [5.41, 5.74) is 0. The van der Waals surface area contributed by atoms with Crippen molar-refractivity contribution in [3.05, 3.63) is 24.3 Å². The van der Waals surface area contributed by atoms with Crippen LogP contribution in [0.25, 0.3) is 0 Å². The molecular formula is C12H15NO4. The first-order valence-electron chi connectivity index (χ1n) is 5.46. The summed E-state index contributed by atoms with van der Waals surface area (Å²) < 4.78 is 10.7. The van der Waals surface area contributed by atoms with Gasteiger partial charge in [-0.25, -0.2) is 0 Å². The van der Waals surface area contributed by atoms with Crippen LogP contribution in [0.2, 0.25) is 0 Å². The fraction of sp³-hybridized carbons (Fsp3) is 0.417. The molecule has 1 aliphatic rings. The molecule has 1 unspecified atom stereocenters. The summed E-state index contributed by atoms with van der Waals surface area (Å²) in [4.78, 5) is 10.7. The molecule has 1 heterocycles. The largest absolute Gasteiger partial charge is 0.497 e. The number of methoxy groups -OCH3 is 1. The molecule has 0 bridgehead atoms. The molecule has 5 heteroatoms. The van der Waals surface area contributed by atoms with E-state index in [1.807, 2.05) is 24.3 Å². The molecule has 1 aliphatic heterocycles. The van der Waals surface area contributed by atoms with Gasteiger partial charge in [0.1, 0.15) is 23.6 Å². The highest BCUT2D eigenvalue weighted by atomic mass is 16.5. The monoisotopic (exact) mass is 237 g/mol. The molecule has 0 saturated carbocycles. The fourth-order valence-corrected chi connectivity index (χ4v) is 1.83. The van der Waals surface area contributed by atoms with E-state index in [9.17, 15) is 4.79 Å². The van der Waals surface area contributed by atoms with Gasteiger partial charge in [0, 0.05) is 13.0 Å². The predicted molar refractivity (Wildman–Crippen MR) is 61.5 cm³/mol. The Morgan fingerprint density at radius 3 is 2.53 bits per heavy atom. The van der Waals surface area contributed by atoms with Gasteiger partial charge in [0.2, 0.25) is 0 Å². The average molecular weight is 237 g/mol. The first kappa shape index (κ1) is 11.7. The van der Waals surface area contributed by atoms with Crippen molar-refractivity contribution >= 4 is 5.97 Å². The number of rotatable bonds is 4. The summed E-state index contributed by atoms with van der Waals surface area (Å²) in [7, 11) is 1.61. The van der Waals surface area contributed by atoms with Gasteiger partial charge in [0.25, 0.3) is 0 Å². The number of carbonyl (C=O) groups is 1. The topological polar surface area (TPSA) is 67.8 Å². The van der Waals surface area contributed by atoms with Crippen molar-refractivity contribution in [2.75, 3.05) is 13.7 Å². The van der Waals surface area contributed by atoms with Gasteiger partial charge in [-0.05, 0) is 24.3 Å². The lowest BCUT2D eigenvalue weighted by molar-refractivity contribution is -0.139. The van der Waals surface area contributed by atoms with Crippen molar-refractivity contribution in [2.45, 2.75) is 18.6 Å². The summed E-state index contributed by atoms with van der Waals surface area (Å²) in [5, 5.41) is 11.7. The minimum atomic E-state index is -0.828. The molecule has 0 aromatic heterocycles. The van der Waals surface area contributed by atoms with E-state index >= 15 is 0 Å². The van der Waals surface area contributed by atoms with Crippen molar-refractivity contribution in [1.29, 1.82) is 0 Å². The number of aliphatic carboxylic acids is 1. The number of carboxylic acids is 1. The minimum absolute atomic E-state index is 0.0931. The third-order valence-electron chi connectivity index (χ3n) is 2.75. The van der Waals surface area contributed by atoms with Gasteiger partial charge in [-0.2, -0.15) is 0 Å². The molecule has 5 nitrogen and oxygen atoms in total. The molecule has 0 radical (unpaired) electrons. The maximum atomic E-state index is 10.7. The van der Waals surface area contributed by atoms with E-state index in [0.29, 0.717) is 13.0 Å². The first-order chi connectivity index (χ1) is 8.19. The third-order valence-corrected chi connectivity index (χ3v) is 2.75. The second-order valence-electron chi connectivity index (χ2n) is 3.95. The van der Waals surface area contributed by atoms with Crippen LogP contribution in [0.1, 0.15) is 6.42 Å². The van der Waals surface area contributed by atoms with Gasteiger partial charge in [-0.3, -0.25) is 4.79 Å². The van der Waals surface area contributed by atoms with Crippen LogP contribution in [0.3, 0.4) is 0 Å². The van der Waals surface area contributed by atoms with Crippen LogP contribution in [0.5, 0.6) is 11.5 Å². The number of ether oxygens (including phenoxy) is 2. The van der Waals surface area contributed by atoms with E-state index < -0.39 is 12.0 Å². The third kappa shape index (κ3) is 2.88. The first-order valence-corrected chi connectivity index (χ1v) is 5.46. The zero-order valence-corrected chi connectivity index (χ0v) is 9.55. The maximum absolute atomic E-state index is 10.7. The lowest BCUT2D eigenvalue weighted by atomic mass is 10.2. The highest BCUT2D eigenvalue weighted by molar-refractivity contribution is 5.73. The van der Waals surface area contributed by atoms with Crippen LogP contribution in [0.4, 0.5) is 0 Å². The number of hydrogen-bond donors (Lipinski definition) is 2. The quantitative estimate of drug-likeness (QED) is 0.814. The van der Waals surface area contributed by atoms with Gasteiger partial charge in [0.15, 0.2) is 0 Å². The van der Waals surface area contributed by atoms with Crippen LogP contribution in [-0.2, 0) is 4.79 Å². The Morgan fingerprint density at radius 1 is 1.35 bits per heavy atom. The smallest absolute Gasteiger partial charge is 0.320 e. The van der Waals surface area contributed by atoms with Gasteiger partial charge >= 0.3 is 5.97 Å². The van der Waals surface area contributed by atoms with Crippen molar-refractivity contribution < 1.29 is 19.4 Å².